The van der Waals surface area contributed by atoms with Crippen LogP contribution in [0.4, 0.5) is 16.3 Å². The summed E-state index contributed by atoms with van der Waals surface area (Å²) in [4.78, 5) is 29.2. The Morgan fingerprint density at radius 1 is 1.19 bits per heavy atom. The van der Waals surface area contributed by atoms with E-state index in [0.717, 1.165) is 10.9 Å². The van der Waals surface area contributed by atoms with E-state index in [2.05, 4.69) is 26.0 Å². The van der Waals surface area contributed by atoms with Gasteiger partial charge in [0.2, 0.25) is 0 Å². The van der Waals surface area contributed by atoms with E-state index in [9.17, 15) is 9.59 Å². The third kappa shape index (κ3) is 3.73. The highest BCUT2D eigenvalue weighted by Crippen LogP contribution is 2.26. The monoisotopic (exact) mass is 415 g/mol. The minimum atomic E-state index is -0.415. The van der Waals surface area contributed by atoms with Gasteiger partial charge in [0, 0.05) is 18.1 Å². The Labute approximate surface area is 178 Å². The number of amides is 3. The second-order valence-corrected chi connectivity index (χ2v) is 7.56. The molecule has 5 rings (SSSR count). The third-order valence-corrected chi connectivity index (χ3v) is 5.24. The fourth-order valence-electron chi connectivity index (χ4n) is 3.77. The molecule has 3 aromatic heterocycles. The molecule has 0 saturated heterocycles. The molecule has 0 saturated carbocycles. The molecular formula is C22H21N7O2. The van der Waals surface area contributed by atoms with Crippen LogP contribution in [0.2, 0.25) is 0 Å². The molecule has 0 radical (unpaired) electrons. The van der Waals surface area contributed by atoms with Gasteiger partial charge in [-0.1, -0.05) is 30.3 Å². The zero-order valence-corrected chi connectivity index (χ0v) is 16.9. The summed E-state index contributed by atoms with van der Waals surface area (Å²) in [5.74, 6) is 0.289. The fourth-order valence-corrected chi connectivity index (χ4v) is 3.77. The van der Waals surface area contributed by atoms with Crippen LogP contribution in [-0.4, -0.2) is 37.8 Å². The summed E-state index contributed by atoms with van der Waals surface area (Å²) in [5.41, 5.74) is 2.96. The third-order valence-electron chi connectivity index (χ3n) is 5.24. The normalized spacial score (nSPS) is 15.4. The largest absolute Gasteiger partial charge is 0.349 e. The molecule has 3 amide bonds. The maximum Gasteiger partial charge on any atom is 0.324 e. The van der Waals surface area contributed by atoms with Crippen molar-refractivity contribution in [3.8, 4) is 0 Å². The Morgan fingerprint density at radius 3 is 2.87 bits per heavy atom. The number of hydrogen-bond acceptors (Lipinski definition) is 4. The highest BCUT2D eigenvalue weighted by Gasteiger charge is 2.25. The van der Waals surface area contributed by atoms with Crippen LogP contribution in [0, 0.1) is 0 Å². The molecule has 0 bridgehead atoms. The Kier molecular flexibility index (Phi) is 4.62. The topological polar surface area (TPSA) is 106 Å². The lowest BCUT2D eigenvalue weighted by Crippen LogP contribution is -2.37. The predicted octanol–water partition coefficient (Wildman–Crippen LogP) is 3.23. The Bertz CT molecular complexity index is 1280. The Balaban J connectivity index is 1.30. The van der Waals surface area contributed by atoms with Gasteiger partial charge < -0.3 is 15.2 Å². The van der Waals surface area contributed by atoms with Gasteiger partial charge in [-0.3, -0.25) is 14.8 Å². The van der Waals surface area contributed by atoms with Gasteiger partial charge in [0.1, 0.15) is 17.2 Å². The highest BCUT2D eigenvalue weighted by atomic mass is 16.2. The van der Waals surface area contributed by atoms with E-state index >= 15 is 0 Å². The van der Waals surface area contributed by atoms with E-state index in [-0.39, 0.29) is 11.9 Å². The second kappa shape index (κ2) is 7.60. The molecule has 1 aliphatic rings. The van der Waals surface area contributed by atoms with Crippen molar-refractivity contribution in [1.29, 1.82) is 0 Å². The summed E-state index contributed by atoms with van der Waals surface area (Å²) in [6, 6.07) is 15.0. The molecular weight excluding hydrogens is 394 g/mol. The number of benzene rings is 1. The van der Waals surface area contributed by atoms with Crippen LogP contribution in [0.25, 0.3) is 11.0 Å². The first-order valence-corrected chi connectivity index (χ1v) is 10.0. The van der Waals surface area contributed by atoms with E-state index < -0.39 is 6.03 Å². The van der Waals surface area contributed by atoms with Crippen LogP contribution in [0.1, 0.15) is 29.0 Å². The molecule has 4 aromatic rings. The maximum absolute atomic E-state index is 12.5. The van der Waals surface area contributed by atoms with Gasteiger partial charge in [-0.05, 0) is 30.7 Å². The predicted molar refractivity (Wildman–Crippen MR) is 117 cm³/mol. The van der Waals surface area contributed by atoms with Crippen LogP contribution in [0.3, 0.4) is 0 Å². The van der Waals surface area contributed by atoms with E-state index in [1.807, 2.05) is 54.0 Å². The maximum atomic E-state index is 12.5. The van der Waals surface area contributed by atoms with Gasteiger partial charge in [0.25, 0.3) is 5.91 Å². The molecule has 9 heteroatoms. The van der Waals surface area contributed by atoms with Crippen molar-refractivity contribution in [2.24, 2.45) is 0 Å². The lowest BCUT2D eigenvalue weighted by molar-refractivity contribution is 0.0919. The Morgan fingerprint density at radius 2 is 2.03 bits per heavy atom. The van der Waals surface area contributed by atoms with Crippen molar-refractivity contribution in [2.45, 2.75) is 19.5 Å². The van der Waals surface area contributed by atoms with Gasteiger partial charge in [-0.25, -0.2) is 9.78 Å². The van der Waals surface area contributed by atoms with Crippen molar-refractivity contribution in [1.82, 2.24) is 24.6 Å². The van der Waals surface area contributed by atoms with Crippen LogP contribution in [-0.2, 0) is 6.54 Å². The number of pyridine rings is 1. The zero-order chi connectivity index (χ0) is 21.4. The van der Waals surface area contributed by atoms with Gasteiger partial charge in [-0.2, -0.15) is 5.10 Å². The molecule has 1 atom stereocenters. The molecule has 1 aliphatic heterocycles. The number of anilines is 2. The number of carbonyl (C=O) groups is 2. The van der Waals surface area contributed by atoms with Crippen molar-refractivity contribution >= 4 is 34.5 Å². The molecule has 0 spiro atoms. The zero-order valence-electron chi connectivity index (χ0n) is 16.9. The van der Waals surface area contributed by atoms with Gasteiger partial charge >= 0.3 is 6.03 Å². The number of nitrogens with one attached hydrogen (secondary N) is 3. The molecule has 0 fully saturated rings. The number of aromatic nitrogens is 4. The minimum absolute atomic E-state index is 0.0808. The molecule has 1 aromatic carbocycles. The average molecular weight is 415 g/mol. The first kappa shape index (κ1) is 18.9. The molecule has 0 aliphatic carbocycles. The molecule has 9 nitrogen and oxygen atoms in total. The summed E-state index contributed by atoms with van der Waals surface area (Å²) in [6.07, 6.45) is 3.37. The summed E-state index contributed by atoms with van der Waals surface area (Å²) in [5, 5.41) is 13.5. The number of rotatable bonds is 4. The summed E-state index contributed by atoms with van der Waals surface area (Å²) in [6.45, 7) is 3.18. The standard InChI is InChI=1S/C22H21N7O2/c1-14-10-23-21(30)18-9-16-7-8-19(26-20(16)29(14)18)27-22(31)25-17-11-24-28(13-17)12-15-5-3-2-4-6-15/h2-9,11,13-14H,10,12H2,1H3,(H,23,30)(H2,25,26,27,31). The average Bonchev–Trinajstić information content (AvgIpc) is 3.36. The summed E-state index contributed by atoms with van der Waals surface area (Å²) >= 11 is 0. The van der Waals surface area contributed by atoms with Crippen LogP contribution in [0.5, 0.6) is 0 Å². The first-order chi connectivity index (χ1) is 15.1. The van der Waals surface area contributed by atoms with Crippen molar-refractivity contribution < 1.29 is 9.59 Å². The quantitative estimate of drug-likeness (QED) is 0.476. The molecule has 1 unspecified atom stereocenters. The number of carbonyl (C=O) groups excluding carboxylic acids is 2. The molecule has 4 heterocycles. The Hall–Kier alpha value is -4.14. The first-order valence-electron chi connectivity index (χ1n) is 10.0. The van der Waals surface area contributed by atoms with Crippen LogP contribution in [0.15, 0.2) is 60.9 Å². The van der Waals surface area contributed by atoms with E-state index in [1.165, 1.54) is 0 Å². The fraction of sp³-hybridized carbons (Fsp3) is 0.182. The molecule has 156 valence electrons. The number of hydrogen-bond donors (Lipinski definition) is 3. The summed E-state index contributed by atoms with van der Waals surface area (Å²) < 4.78 is 3.67. The van der Waals surface area contributed by atoms with Gasteiger partial charge in [0.05, 0.1) is 24.5 Å². The van der Waals surface area contributed by atoms with Gasteiger partial charge in [-0.15, -0.1) is 0 Å². The SMILES string of the molecule is CC1CNC(=O)c2cc3ccc(NC(=O)Nc4cnn(Cc5ccccc5)c4)nc3n21. The summed E-state index contributed by atoms with van der Waals surface area (Å²) in [7, 11) is 0. The second-order valence-electron chi connectivity index (χ2n) is 7.56. The number of urea groups is 1. The molecule has 31 heavy (non-hydrogen) atoms. The van der Waals surface area contributed by atoms with Crippen molar-refractivity contribution in [3.63, 3.8) is 0 Å². The lowest BCUT2D eigenvalue weighted by Gasteiger charge is -2.23. The van der Waals surface area contributed by atoms with Crippen LogP contribution >= 0.6 is 0 Å². The van der Waals surface area contributed by atoms with E-state index in [0.29, 0.717) is 35.9 Å². The minimum Gasteiger partial charge on any atom is -0.349 e. The van der Waals surface area contributed by atoms with Crippen molar-refractivity contribution in [2.75, 3.05) is 17.2 Å². The lowest BCUT2D eigenvalue weighted by atomic mass is 10.2. The molecule has 3 N–H and O–H groups in total. The van der Waals surface area contributed by atoms with Crippen molar-refractivity contribution in [3.05, 3.63) is 72.2 Å². The van der Waals surface area contributed by atoms with E-state index in [4.69, 9.17) is 0 Å². The van der Waals surface area contributed by atoms with E-state index in [1.54, 1.807) is 23.1 Å². The number of nitrogens with zero attached hydrogens (tertiary/aromatic N) is 4. The highest BCUT2D eigenvalue weighted by molar-refractivity contribution is 6.01. The van der Waals surface area contributed by atoms with Crippen LogP contribution < -0.4 is 16.0 Å². The smallest absolute Gasteiger partial charge is 0.324 e. The number of fused-ring (bicyclic) bond motifs is 3. The van der Waals surface area contributed by atoms with Gasteiger partial charge in [0.15, 0.2) is 0 Å².